The highest BCUT2D eigenvalue weighted by molar-refractivity contribution is 6.38. The Hall–Kier alpha value is -5.38. The Morgan fingerprint density at radius 1 is 0.727 bits per heavy atom. The lowest BCUT2D eigenvalue weighted by molar-refractivity contribution is 0.0949. The number of hydrogen-bond acceptors (Lipinski definition) is 10. The molecule has 3 aromatic rings. The second-order valence-corrected chi connectivity index (χ2v) is 11.4. The molecule has 2 aliphatic rings. The monoisotopic (exact) mass is 595 g/mol. The maximum absolute atomic E-state index is 14.2. The molecule has 2 aromatic carbocycles. The number of benzene rings is 2. The Kier molecular flexibility index (Phi) is 7.33. The topological polar surface area (TPSA) is 168 Å². The summed E-state index contributed by atoms with van der Waals surface area (Å²) in [5.41, 5.74) is -2.26. The highest BCUT2D eigenvalue weighted by atomic mass is 16.5. The van der Waals surface area contributed by atoms with E-state index in [1.807, 2.05) is 0 Å². The van der Waals surface area contributed by atoms with Crippen LogP contribution in [0, 0.1) is 0 Å². The van der Waals surface area contributed by atoms with Crippen LogP contribution in [-0.2, 0) is 0 Å². The molecule has 44 heavy (non-hydrogen) atoms. The molecule has 10 nitrogen and oxygen atoms in total. The van der Waals surface area contributed by atoms with Crippen molar-refractivity contribution in [2.75, 3.05) is 0 Å². The standard InChI is InChI=1S/C34H29NO9/c1-13(2)21-27-26(19(12-36)31(41)33(21)43)32(42)24(16(6)29(27)39)23-15(5)28(38)25-18(30(23)40)11-20(37)34(22(25)14(3)4)44-17-7-9-35-10-8-17/h7-14,37,41,43H,1-6H3. The van der Waals surface area contributed by atoms with Gasteiger partial charge in [-0.3, -0.25) is 29.0 Å². The zero-order valence-corrected chi connectivity index (χ0v) is 24.9. The average molecular weight is 596 g/mol. The summed E-state index contributed by atoms with van der Waals surface area (Å²) in [6.45, 7) is 9.50. The molecule has 10 heteroatoms. The number of ketones is 4. The third-order valence-corrected chi connectivity index (χ3v) is 8.02. The number of aromatic hydroxyl groups is 3. The molecule has 0 radical (unpaired) electrons. The van der Waals surface area contributed by atoms with Crippen LogP contribution >= 0.6 is 0 Å². The van der Waals surface area contributed by atoms with E-state index >= 15 is 0 Å². The van der Waals surface area contributed by atoms with Gasteiger partial charge in [0.1, 0.15) is 5.75 Å². The molecular formula is C34H29NO9. The largest absolute Gasteiger partial charge is 0.504 e. The maximum atomic E-state index is 14.2. The molecule has 0 bridgehead atoms. The summed E-state index contributed by atoms with van der Waals surface area (Å²) < 4.78 is 5.94. The van der Waals surface area contributed by atoms with Gasteiger partial charge in [-0.25, -0.2) is 0 Å². The smallest absolute Gasteiger partial charge is 0.195 e. The highest BCUT2D eigenvalue weighted by Crippen LogP contribution is 2.49. The van der Waals surface area contributed by atoms with Gasteiger partial charge in [-0.1, -0.05) is 27.7 Å². The fraction of sp³-hybridized carbons (Fsp3) is 0.235. The fourth-order valence-corrected chi connectivity index (χ4v) is 5.99. The van der Waals surface area contributed by atoms with Crippen LogP contribution < -0.4 is 4.74 Å². The number of ether oxygens (including phenoxy) is 1. The molecule has 0 saturated heterocycles. The summed E-state index contributed by atoms with van der Waals surface area (Å²) in [6, 6.07) is 4.22. The number of aromatic nitrogens is 1. The van der Waals surface area contributed by atoms with E-state index in [2.05, 4.69) is 4.98 Å². The minimum atomic E-state index is -0.929. The number of phenolic OH excluding ortho intramolecular Hbond substituents is 3. The molecule has 3 N–H and O–H groups in total. The van der Waals surface area contributed by atoms with Gasteiger partial charge in [0.05, 0.1) is 5.56 Å². The Balaban J connectivity index is 1.76. The summed E-state index contributed by atoms with van der Waals surface area (Å²) in [7, 11) is 0. The van der Waals surface area contributed by atoms with Crippen LogP contribution in [0.15, 0.2) is 52.9 Å². The summed E-state index contributed by atoms with van der Waals surface area (Å²) in [5.74, 6) is -5.65. The van der Waals surface area contributed by atoms with E-state index in [1.165, 1.54) is 26.2 Å². The molecule has 1 aromatic heterocycles. The molecular weight excluding hydrogens is 566 g/mol. The van der Waals surface area contributed by atoms with Gasteiger partial charge in [0.25, 0.3) is 0 Å². The van der Waals surface area contributed by atoms with Crippen molar-refractivity contribution in [1.29, 1.82) is 0 Å². The lowest BCUT2D eigenvalue weighted by Crippen LogP contribution is -2.31. The number of fused-ring (bicyclic) bond motifs is 2. The van der Waals surface area contributed by atoms with Crippen LogP contribution in [0.4, 0.5) is 0 Å². The number of carbonyl (C=O) groups excluding carboxylic acids is 5. The molecule has 5 rings (SSSR count). The SMILES string of the molecule is CC1=C(C2=C(C)C(=O)c3c(c(C=O)c(O)c(O)c3C(C)C)C2=O)C(=O)c2cc(O)c(Oc3ccncc3)c(C(C)C)c2C1=O. The zero-order valence-electron chi connectivity index (χ0n) is 24.9. The van der Waals surface area contributed by atoms with Gasteiger partial charge in [-0.05, 0) is 43.9 Å². The van der Waals surface area contributed by atoms with Gasteiger partial charge in [-0.15, -0.1) is 0 Å². The third kappa shape index (κ3) is 4.24. The Bertz CT molecular complexity index is 1910. The first-order valence-electron chi connectivity index (χ1n) is 13.9. The van der Waals surface area contributed by atoms with Crippen LogP contribution in [0.3, 0.4) is 0 Å². The minimum absolute atomic E-state index is 0.000384. The quantitative estimate of drug-likeness (QED) is 0.222. The van der Waals surface area contributed by atoms with Crippen LogP contribution in [0.5, 0.6) is 28.7 Å². The fourth-order valence-electron chi connectivity index (χ4n) is 5.99. The molecule has 1 heterocycles. The number of nitrogens with zero attached hydrogens (tertiary/aromatic N) is 1. The van der Waals surface area contributed by atoms with E-state index in [9.17, 15) is 39.3 Å². The molecule has 224 valence electrons. The summed E-state index contributed by atoms with van der Waals surface area (Å²) in [6.07, 6.45) is 3.14. The summed E-state index contributed by atoms with van der Waals surface area (Å²) >= 11 is 0. The number of aldehydes is 1. The minimum Gasteiger partial charge on any atom is -0.504 e. The van der Waals surface area contributed by atoms with E-state index in [4.69, 9.17) is 4.74 Å². The van der Waals surface area contributed by atoms with Gasteiger partial charge < -0.3 is 20.1 Å². The van der Waals surface area contributed by atoms with Crippen molar-refractivity contribution in [1.82, 2.24) is 4.98 Å². The van der Waals surface area contributed by atoms with Gasteiger partial charge >= 0.3 is 0 Å². The lowest BCUT2D eigenvalue weighted by atomic mass is 9.71. The first-order valence-corrected chi connectivity index (χ1v) is 13.9. The van der Waals surface area contributed by atoms with Crippen LogP contribution in [0.2, 0.25) is 0 Å². The predicted molar refractivity (Wildman–Crippen MR) is 158 cm³/mol. The molecule has 2 aliphatic carbocycles. The molecule has 0 fully saturated rings. The van der Waals surface area contributed by atoms with Crippen LogP contribution in [-0.4, -0.2) is 49.7 Å². The molecule has 0 spiro atoms. The summed E-state index contributed by atoms with van der Waals surface area (Å²) in [5, 5.41) is 32.3. The Morgan fingerprint density at radius 2 is 1.27 bits per heavy atom. The van der Waals surface area contributed by atoms with Crippen molar-refractivity contribution < 1.29 is 44.0 Å². The van der Waals surface area contributed by atoms with Gasteiger partial charge in [0.15, 0.2) is 52.4 Å². The summed E-state index contributed by atoms with van der Waals surface area (Å²) in [4.78, 5) is 72.3. The number of phenols is 3. The van der Waals surface area contributed by atoms with E-state index < -0.39 is 68.9 Å². The zero-order chi connectivity index (χ0) is 32.4. The first-order chi connectivity index (χ1) is 20.7. The second-order valence-electron chi connectivity index (χ2n) is 11.4. The van der Waals surface area contributed by atoms with E-state index in [-0.39, 0.29) is 56.6 Å². The number of pyridine rings is 1. The van der Waals surface area contributed by atoms with Gasteiger partial charge in [0.2, 0.25) is 0 Å². The van der Waals surface area contributed by atoms with E-state index in [0.29, 0.717) is 5.75 Å². The molecule has 0 saturated carbocycles. The molecule has 0 atom stereocenters. The van der Waals surface area contributed by atoms with Crippen molar-refractivity contribution in [2.24, 2.45) is 0 Å². The molecule has 0 unspecified atom stereocenters. The second kappa shape index (κ2) is 10.7. The van der Waals surface area contributed by atoms with Crippen molar-refractivity contribution >= 4 is 29.4 Å². The average Bonchev–Trinajstić information content (AvgIpc) is 2.98. The lowest BCUT2D eigenvalue weighted by Gasteiger charge is -2.29. The normalized spacial score (nSPS) is 14.9. The molecule has 0 amide bonds. The Morgan fingerprint density at radius 3 is 1.82 bits per heavy atom. The number of carbonyl (C=O) groups is 5. The number of rotatable bonds is 6. The highest BCUT2D eigenvalue weighted by Gasteiger charge is 2.44. The Labute approximate surface area is 252 Å². The number of hydrogen-bond donors (Lipinski definition) is 3. The number of allylic oxidation sites excluding steroid dienone is 4. The van der Waals surface area contributed by atoms with Crippen molar-refractivity contribution in [3.63, 3.8) is 0 Å². The molecule has 0 aliphatic heterocycles. The van der Waals surface area contributed by atoms with Gasteiger partial charge in [-0.2, -0.15) is 0 Å². The van der Waals surface area contributed by atoms with Crippen LogP contribution in [0.25, 0.3) is 0 Å². The van der Waals surface area contributed by atoms with Crippen molar-refractivity contribution in [2.45, 2.75) is 53.4 Å². The maximum Gasteiger partial charge on any atom is 0.195 e. The van der Waals surface area contributed by atoms with Crippen molar-refractivity contribution in [3.8, 4) is 28.7 Å². The number of Topliss-reactive ketones (excluding diaryl/α,β-unsaturated/α-hetero) is 4. The predicted octanol–water partition coefficient (Wildman–Crippen LogP) is 6.14. The third-order valence-electron chi connectivity index (χ3n) is 8.02. The van der Waals surface area contributed by atoms with Crippen molar-refractivity contribution in [3.05, 3.63) is 91.8 Å². The first kappa shape index (κ1) is 30.1. The van der Waals surface area contributed by atoms with Gasteiger partial charge in [0, 0.05) is 68.1 Å². The van der Waals surface area contributed by atoms with E-state index in [1.54, 1.807) is 39.8 Å². The van der Waals surface area contributed by atoms with Crippen LogP contribution in [0.1, 0.15) is 116 Å². The van der Waals surface area contributed by atoms with E-state index in [0.717, 1.165) is 6.07 Å².